The molecule has 2 aromatic carbocycles. The summed E-state index contributed by atoms with van der Waals surface area (Å²) in [4.78, 5) is 1.68. The van der Waals surface area contributed by atoms with Crippen molar-refractivity contribution >= 4 is 11.5 Å². The van der Waals surface area contributed by atoms with E-state index in [-0.39, 0.29) is 35.4 Å². The molecule has 2 N–H and O–H groups in total. The summed E-state index contributed by atoms with van der Waals surface area (Å²) in [5.74, 6) is -0.118. The predicted molar refractivity (Wildman–Crippen MR) is 137 cm³/mol. The minimum Gasteiger partial charge on any atom is -0.369 e. The first-order valence-electron chi connectivity index (χ1n) is 13.2. The van der Waals surface area contributed by atoms with Gasteiger partial charge in [0, 0.05) is 49.0 Å². The first kappa shape index (κ1) is 27.4. The minimum absolute atomic E-state index is 0.0232. The quantitative estimate of drug-likeness (QED) is 0.275. The number of anilines is 2. The van der Waals surface area contributed by atoms with Gasteiger partial charge in [-0.2, -0.15) is 18.3 Å². The third-order valence-electron chi connectivity index (χ3n) is 7.47. The van der Waals surface area contributed by atoms with Crippen LogP contribution in [0.25, 0.3) is 0 Å². The lowest BCUT2D eigenvalue weighted by molar-refractivity contribution is -0.138. The van der Waals surface area contributed by atoms with Crippen molar-refractivity contribution in [3.8, 4) is 0 Å². The molecule has 2 heterocycles. The molecule has 210 valence electrons. The van der Waals surface area contributed by atoms with E-state index in [1.54, 1.807) is 11.0 Å². The van der Waals surface area contributed by atoms with Crippen molar-refractivity contribution in [3.63, 3.8) is 0 Å². The molecule has 1 saturated heterocycles. The molecule has 1 atom stereocenters. The Kier molecular flexibility index (Phi) is 7.80. The maximum Gasteiger partial charge on any atom is 0.416 e. The van der Waals surface area contributed by atoms with Gasteiger partial charge in [0.25, 0.3) is 6.43 Å². The maximum atomic E-state index is 14.5. The molecule has 1 aromatic heterocycles. The summed E-state index contributed by atoms with van der Waals surface area (Å²) in [7, 11) is 0. The Bertz CT molecular complexity index is 1280. The molecular formula is C28H31F6N5. The van der Waals surface area contributed by atoms with E-state index >= 15 is 0 Å². The van der Waals surface area contributed by atoms with Crippen LogP contribution in [0.1, 0.15) is 73.4 Å². The van der Waals surface area contributed by atoms with Crippen LogP contribution in [0.4, 0.5) is 37.8 Å². The molecule has 1 aliphatic heterocycles. The van der Waals surface area contributed by atoms with Gasteiger partial charge in [-0.3, -0.25) is 4.68 Å². The summed E-state index contributed by atoms with van der Waals surface area (Å²) in [6.45, 7) is 2.79. The predicted octanol–water partition coefficient (Wildman–Crippen LogP) is 7.25. The number of nitrogens with zero attached hydrogens (tertiary/aromatic N) is 3. The molecule has 1 unspecified atom stereocenters. The van der Waals surface area contributed by atoms with Gasteiger partial charge in [0.15, 0.2) is 5.82 Å². The van der Waals surface area contributed by atoms with Gasteiger partial charge in [0.2, 0.25) is 0 Å². The van der Waals surface area contributed by atoms with E-state index in [1.807, 2.05) is 17.8 Å². The SMILES string of the molecule is CC(NC1CCN(c2c(F)cccc2C(F)F)CC1)c1cn(C2CC2)nc1NCc1ccccc1C(F)(F)F. The number of rotatable bonds is 9. The van der Waals surface area contributed by atoms with Gasteiger partial charge in [-0.25, -0.2) is 13.2 Å². The van der Waals surface area contributed by atoms with Crippen molar-refractivity contribution in [1.29, 1.82) is 0 Å². The van der Waals surface area contributed by atoms with Crippen molar-refractivity contribution in [2.45, 2.75) is 69.9 Å². The molecule has 0 spiro atoms. The molecule has 1 aliphatic carbocycles. The second-order valence-corrected chi connectivity index (χ2v) is 10.3. The normalized spacial score (nSPS) is 17.6. The molecule has 2 aliphatic rings. The van der Waals surface area contributed by atoms with Crippen LogP contribution in [0.15, 0.2) is 48.7 Å². The fraction of sp³-hybridized carbons (Fsp3) is 0.464. The lowest BCUT2D eigenvalue weighted by Gasteiger charge is -2.36. The van der Waals surface area contributed by atoms with Crippen LogP contribution in [-0.2, 0) is 12.7 Å². The number of hydrogen-bond donors (Lipinski definition) is 2. The molecule has 39 heavy (non-hydrogen) atoms. The smallest absolute Gasteiger partial charge is 0.369 e. The maximum absolute atomic E-state index is 14.5. The van der Waals surface area contributed by atoms with Crippen LogP contribution in [0.2, 0.25) is 0 Å². The zero-order valence-electron chi connectivity index (χ0n) is 21.5. The highest BCUT2D eigenvalue weighted by molar-refractivity contribution is 5.56. The first-order valence-corrected chi connectivity index (χ1v) is 13.2. The number of benzene rings is 2. The minimum atomic E-state index is -4.45. The van der Waals surface area contributed by atoms with Crippen LogP contribution in [0.5, 0.6) is 0 Å². The zero-order chi connectivity index (χ0) is 27.7. The number of para-hydroxylation sites is 1. The van der Waals surface area contributed by atoms with Gasteiger partial charge in [0.1, 0.15) is 5.82 Å². The molecular weight excluding hydrogens is 520 g/mol. The Morgan fingerprint density at radius 2 is 1.69 bits per heavy atom. The number of alkyl halides is 5. The van der Waals surface area contributed by atoms with Crippen molar-refractivity contribution in [1.82, 2.24) is 15.1 Å². The van der Waals surface area contributed by atoms with E-state index in [4.69, 9.17) is 0 Å². The fourth-order valence-electron chi connectivity index (χ4n) is 5.27. The van der Waals surface area contributed by atoms with E-state index in [2.05, 4.69) is 15.7 Å². The highest BCUT2D eigenvalue weighted by atomic mass is 19.4. The van der Waals surface area contributed by atoms with Crippen molar-refractivity contribution < 1.29 is 26.3 Å². The number of hydrogen-bond acceptors (Lipinski definition) is 4. The van der Waals surface area contributed by atoms with Crippen molar-refractivity contribution in [2.75, 3.05) is 23.3 Å². The van der Waals surface area contributed by atoms with Crippen molar-refractivity contribution in [3.05, 3.63) is 76.7 Å². The second kappa shape index (κ2) is 11.1. The molecule has 5 nitrogen and oxygen atoms in total. The number of piperidine rings is 1. The van der Waals surface area contributed by atoms with E-state index in [9.17, 15) is 26.3 Å². The van der Waals surface area contributed by atoms with E-state index < -0.39 is 24.0 Å². The first-order chi connectivity index (χ1) is 18.6. The van der Waals surface area contributed by atoms with Gasteiger partial charge in [-0.15, -0.1) is 0 Å². The Hall–Kier alpha value is -3.21. The summed E-state index contributed by atoms with van der Waals surface area (Å²) >= 11 is 0. The molecule has 0 radical (unpaired) electrons. The molecule has 0 amide bonds. The second-order valence-electron chi connectivity index (χ2n) is 10.3. The van der Waals surface area contributed by atoms with Gasteiger partial charge in [-0.05, 0) is 50.3 Å². The Morgan fingerprint density at radius 3 is 2.36 bits per heavy atom. The molecule has 0 bridgehead atoms. The van der Waals surface area contributed by atoms with Crippen LogP contribution in [-0.4, -0.2) is 28.9 Å². The van der Waals surface area contributed by atoms with Gasteiger partial charge < -0.3 is 15.5 Å². The highest BCUT2D eigenvalue weighted by Crippen LogP contribution is 2.38. The largest absolute Gasteiger partial charge is 0.416 e. The van der Waals surface area contributed by atoms with Crippen LogP contribution in [0, 0.1) is 5.82 Å². The third-order valence-corrected chi connectivity index (χ3v) is 7.47. The average Bonchev–Trinajstić information content (AvgIpc) is 3.66. The highest BCUT2D eigenvalue weighted by Gasteiger charge is 2.33. The van der Waals surface area contributed by atoms with Crippen LogP contribution >= 0.6 is 0 Å². The third kappa shape index (κ3) is 6.18. The zero-order valence-corrected chi connectivity index (χ0v) is 21.5. The summed E-state index contributed by atoms with van der Waals surface area (Å²) in [6.07, 6.45) is -2.00. The Morgan fingerprint density at radius 1 is 0.974 bits per heavy atom. The van der Waals surface area contributed by atoms with Crippen LogP contribution in [0.3, 0.4) is 0 Å². The van der Waals surface area contributed by atoms with E-state index in [1.165, 1.54) is 30.3 Å². The Labute approximate surface area is 223 Å². The number of halogens is 6. The fourth-order valence-corrected chi connectivity index (χ4v) is 5.27. The molecule has 5 rings (SSSR count). The average molecular weight is 552 g/mol. The molecule has 1 saturated carbocycles. The summed E-state index contributed by atoms with van der Waals surface area (Å²) < 4.78 is 83.7. The summed E-state index contributed by atoms with van der Waals surface area (Å²) in [5.41, 5.74) is -0.0204. The number of nitrogens with one attached hydrogen (secondary N) is 2. The lowest BCUT2D eigenvalue weighted by atomic mass is 10.0. The van der Waals surface area contributed by atoms with Gasteiger partial charge in [0.05, 0.1) is 17.3 Å². The number of aromatic nitrogens is 2. The summed E-state index contributed by atoms with van der Waals surface area (Å²) in [6, 6.07) is 9.42. The van der Waals surface area contributed by atoms with E-state index in [0.717, 1.165) is 24.5 Å². The lowest BCUT2D eigenvalue weighted by Crippen LogP contribution is -2.44. The van der Waals surface area contributed by atoms with Crippen molar-refractivity contribution in [2.24, 2.45) is 0 Å². The van der Waals surface area contributed by atoms with E-state index in [0.29, 0.717) is 37.8 Å². The monoisotopic (exact) mass is 551 g/mol. The topological polar surface area (TPSA) is 45.1 Å². The van der Waals surface area contributed by atoms with Gasteiger partial charge >= 0.3 is 6.18 Å². The standard InChI is InChI=1S/C28H31F6N5/c1-17(36-19-11-13-38(14-12-19)25-21(26(30)31)6-4-8-24(25)29)22-16-39(20-9-10-20)37-27(22)35-15-18-5-2-3-7-23(18)28(32,33)34/h2-8,16-17,19-20,26,36H,9-15H2,1H3,(H,35,37). The molecule has 2 fully saturated rings. The molecule has 3 aromatic rings. The Balaban J connectivity index is 1.26. The summed E-state index contributed by atoms with van der Waals surface area (Å²) in [5, 5.41) is 11.3. The molecule has 11 heteroatoms. The van der Waals surface area contributed by atoms with Crippen LogP contribution < -0.4 is 15.5 Å². The van der Waals surface area contributed by atoms with Gasteiger partial charge in [-0.1, -0.05) is 30.3 Å².